The summed E-state index contributed by atoms with van der Waals surface area (Å²) in [5.74, 6) is 1.20. The molecular weight excluding hydrogens is 270 g/mol. The van der Waals surface area contributed by atoms with E-state index in [9.17, 15) is 4.79 Å². The van der Waals surface area contributed by atoms with Crippen LogP contribution in [0.1, 0.15) is 72.1 Å². The van der Waals surface area contributed by atoms with E-state index in [0.29, 0.717) is 24.7 Å². The molecule has 0 saturated heterocycles. The summed E-state index contributed by atoms with van der Waals surface area (Å²) in [5, 5.41) is 8.77. The number of nitriles is 1. The van der Waals surface area contributed by atoms with Crippen LogP contribution in [0, 0.1) is 28.6 Å². The van der Waals surface area contributed by atoms with Gasteiger partial charge in [-0.05, 0) is 62.7 Å². The average molecular weight is 301 g/mol. The van der Waals surface area contributed by atoms with Gasteiger partial charge in [-0.25, -0.2) is 0 Å². The predicted octanol–water partition coefficient (Wildman–Crippen LogP) is 5.60. The lowest BCUT2D eigenvalue weighted by molar-refractivity contribution is -0.107. The molecule has 0 spiro atoms. The van der Waals surface area contributed by atoms with E-state index in [1.807, 2.05) is 0 Å². The Morgan fingerprint density at radius 2 is 2.23 bits per heavy atom. The third-order valence-electron chi connectivity index (χ3n) is 5.65. The van der Waals surface area contributed by atoms with Crippen LogP contribution in [0.15, 0.2) is 23.8 Å². The van der Waals surface area contributed by atoms with Gasteiger partial charge in [-0.15, -0.1) is 0 Å². The first-order valence-electron chi connectivity index (χ1n) is 8.61. The molecule has 1 aliphatic rings. The molecule has 1 saturated carbocycles. The molecule has 0 heterocycles. The molecule has 0 bridgehead atoms. The maximum Gasteiger partial charge on any atom is 0.120 e. The normalized spacial score (nSPS) is 29.2. The summed E-state index contributed by atoms with van der Waals surface area (Å²) >= 11 is 0. The van der Waals surface area contributed by atoms with Crippen molar-refractivity contribution in [2.45, 2.75) is 72.1 Å². The molecule has 1 aliphatic carbocycles. The van der Waals surface area contributed by atoms with Gasteiger partial charge < -0.3 is 4.79 Å². The third-order valence-corrected chi connectivity index (χ3v) is 5.65. The molecular formula is C20H31NO. The summed E-state index contributed by atoms with van der Waals surface area (Å²) in [6.45, 7) is 11.2. The number of carbonyl (C=O) groups excluding carboxylic acids is 1. The maximum atomic E-state index is 10.4. The van der Waals surface area contributed by atoms with Crippen molar-refractivity contribution in [2.75, 3.05) is 0 Å². The SMILES string of the molecule is C=C1[C@@H](C/C=C(\C)CCC=O)CC[C@H](C)[C@@]1(C)CCCC#N. The molecule has 2 nitrogen and oxygen atoms in total. The molecule has 22 heavy (non-hydrogen) atoms. The fourth-order valence-corrected chi connectivity index (χ4v) is 3.66. The Labute approximate surface area is 136 Å². The number of allylic oxidation sites excluding steroid dienone is 3. The van der Waals surface area contributed by atoms with Gasteiger partial charge in [-0.1, -0.05) is 37.6 Å². The highest BCUT2D eigenvalue weighted by Gasteiger charge is 2.40. The molecule has 0 aromatic rings. The first-order valence-corrected chi connectivity index (χ1v) is 8.61. The van der Waals surface area contributed by atoms with Crippen LogP contribution in [0.4, 0.5) is 0 Å². The van der Waals surface area contributed by atoms with Crippen LogP contribution in [-0.2, 0) is 4.79 Å². The fraction of sp³-hybridized carbons (Fsp3) is 0.700. The lowest BCUT2D eigenvalue weighted by atomic mass is 9.59. The molecule has 0 aliphatic heterocycles. The summed E-state index contributed by atoms with van der Waals surface area (Å²) < 4.78 is 0. The van der Waals surface area contributed by atoms with Crippen molar-refractivity contribution in [3.8, 4) is 6.07 Å². The summed E-state index contributed by atoms with van der Waals surface area (Å²) in [7, 11) is 0. The smallest absolute Gasteiger partial charge is 0.120 e. The van der Waals surface area contributed by atoms with Crippen LogP contribution < -0.4 is 0 Å². The van der Waals surface area contributed by atoms with Crippen molar-refractivity contribution in [1.29, 1.82) is 5.26 Å². The highest BCUT2D eigenvalue weighted by atomic mass is 16.1. The second-order valence-electron chi connectivity index (χ2n) is 7.12. The Morgan fingerprint density at radius 1 is 1.50 bits per heavy atom. The minimum absolute atomic E-state index is 0.171. The van der Waals surface area contributed by atoms with E-state index in [1.54, 1.807) is 0 Å². The Bertz CT molecular complexity index is 457. The molecule has 0 amide bonds. The van der Waals surface area contributed by atoms with Crippen molar-refractivity contribution in [1.82, 2.24) is 0 Å². The van der Waals surface area contributed by atoms with Crippen LogP contribution in [0.2, 0.25) is 0 Å². The van der Waals surface area contributed by atoms with E-state index < -0.39 is 0 Å². The summed E-state index contributed by atoms with van der Waals surface area (Å²) in [6, 6.07) is 2.26. The Kier molecular flexibility index (Phi) is 7.59. The second-order valence-corrected chi connectivity index (χ2v) is 7.12. The van der Waals surface area contributed by atoms with E-state index in [2.05, 4.69) is 39.5 Å². The minimum Gasteiger partial charge on any atom is -0.303 e. The first-order chi connectivity index (χ1) is 10.5. The zero-order valence-electron chi connectivity index (χ0n) is 14.5. The average Bonchev–Trinajstić information content (AvgIpc) is 2.50. The molecule has 0 N–H and O–H groups in total. The lowest BCUT2D eigenvalue weighted by Gasteiger charge is -2.46. The van der Waals surface area contributed by atoms with Gasteiger partial charge in [0.25, 0.3) is 0 Å². The van der Waals surface area contributed by atoms with Crippen LogP contribution in [0.25, 0.3) is 0 Å². The zero-order chi connectivity index (χ0) is 16.6. The quantitative estimate of drug-likeness (QED) is 0.332. The summed E-state index contributed by atoms with van der Waals surface area (Å²) in [4.78, 5) is 10.4. The molecule has 3 atom stereocenters. The Hall–Kier alpha value is -1.36. The van der Waals surface area contributed by atoms with Crippen molar-refractivity contribution in [3.63, 3.8) is 0 Å². The molecule has 0 unspecified atom stereocenters. The van der Waals surface area contributed by atoms with Gasteiger partial charge in [0.1, 0.15) is 6.29 Å². The molecule has 1 rings (SSSR count). The van der Waals surface area contributed by atoms with Gasteiger partial charge in [0.2, 0.25) is 0 Å². The number of unbranched alkanes of at least 4 members (excludes halogenated alkanes) is 1. The van der Waals surface area contributed by atoms with Gasteiger partial charge in [0.15, 0.2) is 0 Å². The van der Waals surface area contributed by atoms with Crippen molar-refractivity contribution in [3.05, 3.63) is 23.8 Å². The monoisotopic (exact) mass is 301 g/mol. The van der Waals surface area contributed by atoms with Crippen LogP contribution in [0.5, 0.6) is 0 Å². The number of aldehydes is 1. The second kappa shape index (κ2) is 8.93. The molecule has 0 radical (unpaired) electrons. The Balaban J connectivity index is 2.68. The summed E-state index contributed by atoms with van der Waals surface area (Å²) in [6.07, 6.45) is 11.0. The number of hydrogen-bond acceptors (Lipinski definition) is 2. The van der Waals surface area contributed by atoms with E-state index in [0.717, 1.165) is 32.0 Å². The molecule has 1 fully saturated rings. The number of nitrogens with zero attached hydrogens (tertiary/aromatic N) is 1. The van der Waals surface area contributed by atoms with Gasteiger partial charge >= 0.3 is 0 Å². The fourth-order valence-electron chi connectivity index (χ4n) is 3.66. The minimum atomic E-state index is 0.171. The molecule has 2 heteroatoms. The van der Waals surface area contributed by atoms with Crippen molar-refractivity contribution >= 4 is 6.29 Å². The van der Waals surface area contributed by atoms with Gasteiger partial charge in [-0.3, -0.25) is 0 Å². The number of rotatable bonds is 8. The van der Waals surface area contributed by atoms with Crippen LogP contribution in [0.3, 0.4) is 0 Å². The largest absolute Gasteiger partial charge is 0.303 e. The highest BCUT2D eigenvalue weighted by Crippen LogP contribution is 2.50. The standard InChI is InChI=1S/C20H31NO/c1-16(8-7-15-22)9-11-19-12-10-17(2)20(4,18(19)3)13-5-6-14-21/h9,15,17,19H,3,5-8,10-13H2,1-2,4H3/b16-9+/t17-,19-,20+/m0/s1. The van der Waals surface area contributed by atoms with E-state index in [4.69, 9.17) is 5.26 Å². The van der Waals surface area contributed by atoms with E-state index in [-0.39, 0.29) is 5.41 Å². The maximum absolute atomic E-state index is 10.4. The topological polar surface area (TPSA) is 40.9 Å². The van der Waals surface area contributed by atoms with Gasteiger partial charge in [0, 0.05) is 12.8 Å². The Morgan fingerprint density at radius 3 is 2.86 bits per heavy atom. The number of hydrogen-bond donors (Lipinski definition) is 0. The van der Waals surface area contributed by atoms with E-state index in [1.165, 1.54) is 24.0 Å². The predicted molar refractivity (Wildman–Crippen MR) is 92.3 cm³/mol. The molecule has 0 aromatic carbocycles. The highest BCUT2D eigenvalue weighted by molar-refractivity contribution is 5.49. The van der Waals surface area contributed by atoms with Crippen LogP contribution in [-0.4, -0.2) is 6.29 Å². The first kappa shape index (κ1) is 18.7. The molecule has 0 aromatic heterocycles. The van der Waals surface area contributed by atoms with Gasteiger partial charge in [0.05, 0.1) is 6.07 Å². The third kappa shape index (κ3) is 4.83. The molecule has 122 valence electrons. The zero-order valence-corrected chi connectivity index (χ0v) is 14.5. The summed E-state index contributed by atoms with van der Waals surface area (Å²) in [5.41, 5.74) is 2.86. The van der Waals surface area contributed by atoms with Crippen LogP contribution >= 0.6 is 0 Å². The number of carbonyl (C=O) groups is 1. The lowest BCUT2D eigenvalue weighted by Crippen LogP contribution is -2.35. The van der Waals surface area contributed by atoms with E-state index >= 15 is 0 Å². The van der Waals surface area contributed by atoms with Gasteiger partial charge in [-0.2, -0.15) is 5.26 Å². The van der Waals surface area contributed by atoms with Crippen molar-refractivity contribution < 1.29 is 4.79 Å². The van der Waals surface area contributed by atoms with Crippen molar-refractivity contribution in [2.24, 2.45) is 17.3 Å².